The second kappa shape index (κ2) is 16.2. The first-order chi connectivity index (χ1) is 2.00. The number of rotatable bonds is 0. The first kappa shape index (κ1) is 29.3. The number of hydrogen-bond acceptors (Lipinski definition) is 1. The molecular formula is H6AgK3O4P. The van der Waals surface area contributed by atoms with Crippen LogP contribution >= 0.6 is 7.82 Å². The summed E-state index contributed by atoms with van der Waals surface area (Å²) in [5.41, 5.74) is 0. The van der Waals surface area contributed by atoms with Crippen LogP contribution in [0.25, 0.3) is 0 Å². The minimum atomic E-state index is -4.64. The largest absolute Gasteiger partial charge is 1.00 e. The van der Waals surface area contributed by atoms with Crippen molar-refractivity contribution in [1.82, 2.24) is 0 Å². The van der Waals surface area contributed by atoms with Crippen LogP contribution in [0.5, 0.6) is 0 Å². The van der Waals surface area contributed by atoms with Gasteiger partial charge >= 0.3 is 162 Å². The summed E-state index contributed by atoms with van der Waals surface area (Å²) in [4.78, 5) is 21.6. The maximum absolute atomic E-state index is 8.88. The summed E-state index contributed by atoms with van der Waals surface area (Å²) in [6.07, 6.45) is 0. The van der Waals surface area contributed by atoms with E-state index in [2.05, 4.69) is 0 Å². The van der Waals surface area contributed by atoms with E-state index in [4.69, 9.17) is 19.2 Å². The van der Waals surface area contributed by atoms with Gasteiger partial charge in [0.2, 0.25) is 0 Å². The van der Waals surface area contributed by atoms with Crippen LogP contribution in [0.2, 0.25) is 0 Å². The topological polar surface area (TPSA) is 77.8 Å². The van der Waals surface area contributed by atoms with Gasteiger partial charge in [0.15, 0.2) is 0 Å². The Balaban J connectivity index is -0.00000000381. The van der Waals surface area contributed by atoms with Gasteiger partial charge in [0.1, 0.15) is 0 Å². The van der Waals surface area contributed by atoms with Gasteiger partial charge in [-0.15, -0.1) is 0 Å². The SMILES string of the molecule is O=P(O)(O)O.[Ag].[H-].[H-].[H-].[K+].[K+].[K+]. The predicted octanol–water partition coefficient (Wildman–Crippen LogP) is -9.58. The molecule has 49 valence electrons. The van der Waals surface area contributed by atoms with Gasteiger partial charge in [-0.25, -0.2) is 4.57 Å². The fourth-order valence-electron chi connectivity index (χ4n) is 0. The van der Waals surface area contributed by atoms with Crippen LogP contribution in [0.1, 0.15) is 4.28 Å². The minimum Gasteiger partial charge on any atom is -1.00 e. The molecule has 0 bridgehead atoms. The summed E-state index contributed by atoms with van der Waals surface area (Å²) in [6, 6.07) is 0. The predicted molar refractivity (Wildman–Crippen MR) is 17.6 cm³/mol. The molecule has 0 aliphatic carbocycles. The van der Waals surface area contributed by atoms with Crippen molar-refractivity contribution >= 4 is 7.82 Å². The van der Waals surface area contributed by atoms with Crippen molar-refractivity contribution in [1.29, 1.82) is 0 Å². The van der Waals surface area contributed by atoms with E-state index in [-0.39, 0.29) is 181 Å². The average molecular weight is 326 g/mol. The second-order valence-electron chi connectivity index (χ2n) is 0.513. The Bertz CT molecular complexity index is 71.7. The number of hydrogen-bond donors (Lipinski definition) is 3. The quantitative estimate of drug-likeness (QED) is 0.305. The van der Waals surface area contributed by atoms with Gasteiger partial charge in [-0.2, -0.15) is 0 Å². The van der Waals surface area contributed by atoms with E-state index >= 15 is 0 Å². The van der Waals surface area contributed by atoms with Crippen LogP contribution in [-0.2, 0) is 26.9 Å². The van der Waals surface area contributed by atoms with Gasteiger partial charge in [0.05, 0.1) is 0 Å². The molecule has 0 atom stereocenters. The summed E-state index contributed by atoms with van der Waals surface area (Å²) in [6.45, 7) is 0. The molecule has 0 aromatic heterocycles. The third kappa shape index (κ3) is 57.4. The Morgan fingerprint density at radius 3 is 1.00 bits per heavy atom. The van der Waals surface area contributed by atoms with E-state index in [0.717, 1.165) is 0 Å². The molecule has 0 aromatic carbocycles. The molecule has 0 spiro atoms. The molecule has 1 radical (unpaired) electrons. The van der Waals surface area contributed by atoms with E-state index in [1.165, 1.54) is 0 Å². The minimum absolute atomic E-state index is 0. The van der Waals surface area contributed by atoms with Crippen LogP contribution in [-0.4, -0.2) is 14.7 Å². The zero-order chi connectivity index (χ0) is 4.50. The second-order valence-corrected chi connectivity index (χ2v) is 1.54. The van der Waals surface area contributed by atoms with Crippen LogP contribution in [0, 0.1) is 0 Å². The van der Waals surface area contributed by atoms with Gasteiger partial charge in [0, 0.05) is 22.4 Å². The Hall–Kier alpha value is 5.76. The fourth-order valence-corrected chi connectivity index (χ4v) is 0. The summed E-state index contributed by atoms with van der Waals surface area (Å²) in [7, 11) is -4.64. The molecule has 0 aliphatic heterocycles. The summed E-state index contributed by atoms with van der Waals surface area (Å²) in [5.74, 6) is 0. The van der Waals surface area contributed by atoms with Crippen molar-refractivity contribution in [2.24, 2.45) is 0 Å². The Morgan fingerprint density at radius 1 is 1.00 bits per heavy atom. The summed E-state index contributed by atoms with van der Waals surface area (Å²) >= 11 is 0. The molecule has 3 N–H and O–H groups in total. The van der Waals surface area contributed by atoms with Crippen molar-refractivity contribution in [2.75, 3.05) is 0 Å². The molecule has 0 saturated carbocycles. The molecule has 4 nitrogen and oxygen atoms in total. The molecule has 0 amide bonds. The third-order valence-corrected chi connectivity index (χ3v) is 0. The van der Waals surface area contributed by atoms with Gasteiger partial charge in [-0.3, -0.25) is 0 Å². The fraction of sp³-hybridized carbons (Fsp3) is 0. The molecule has 0 unspecified atom stereocenters. The first-order valence-corrected chi connectivity index (χ1v) is 2.35. The third-order valence-electron chi connectivity index (χ3n) is 0. The van der Waals surface area contributed by atoms with Crippen molar-refractivity contribution < 1.29 is 200 Å². The summed E-state index contributed by atoms with van der Waals surface area (Å²) in [5, 5.41) is 0. The van der Waals surface area contributed by atoms with E-state index < -0.39 is 7.82 Å². The zero-order valence-corrected chi connectivity index (χ0v) is 17.2. The van der Waals surface area contributed by atoms with E-state index in [0.29, 0.717) is 0 Å². The van der Waals surface area contributed by atoms with Gasteiger partial charge in [-0.1, -0.05) is 0 Å². The summed E-state index contributed by atoms with van der Waals surface area (Å²) < 4.78 is 8.88. The molecule has 0 rings (SSSR count). The van der Waals surface area contributed by atoms with E-state index in [9.17, 15) is 0 Å². The molecule has 0 aromatic rings. The molecule has 0 saturated heterocycles. The normalized spacial score (nSPS) is 6.56. The molecule has 9 heavy (non-hydrogen) atoms. The van der Waals surface area contributed by atoms with Crippen molar-refractivity contribution in [2.45, 2.75) is 0 Å². The van der Waals surface area contributed by atoms with Crippen molar-refractivity contribution in [3.05, 3.63) is 0 Å². The van der Waals surface area contributed by atoms with E-state index in [1.807, 2.05) is 0 Å². The van der Waals surface area contributed by atoms with Gasteiger partial charge in [0.25, 0.3) is 0 Å². The Labute approximate surface area is 201 Å². The molecule has 0 aliphatic rings. The molecule has 0 heterocycles. The van der Waals surface area contributed by atoms with Crippen LogP contribution in [0.15, 0.2) is 0 Å². The average Bonchev–Trinajstić information content (AvgIpc) is 0.722. The van der Waals surface area contributed by atoms with Crippen LogP contribution < -0.4 is 154 Å². The molecule has 0 fully saturated rings. The van der Waals surface area contributed by atoms with Crippen LogP contribution in [0.3, 0.4) is 0 Å². The standard InChI is InChI=1S/Ag.3K.H3O4P.3H/c;;;;1-5(2,3)4;;;/h;;;;(H3,1,2,3,4);;;/q;3*+1;;3*-1. The van der Waals surface area contributed by atoms with Crippen LogP contribution in [0.4, 0.5) is 0 Å². The van der Waals surface area contributed by atoms with Gasteiger partial charge < -0.3 is 19.0 Å². The molecule has 9 heteroatoms. The maximum Gasteiger partial charge on any atom is 1.00 e. The molecular weight excluding hydrogens is 320 g/mol. The van der Waals surface area contributed by atoms with Crippen molar-refractivity contribution in [3.63, 3.8) is 0 Å². The Morgan fingerprint density at radius 2 is 1.00 bits per heavy atom. The maximum atomic E-state index is 8.88. The first-order valence-electron chi connectivity index (χ1n) is 0.783. The number of phosphoric acid groups is 1. The zero-order valence-electron chi connectivity index (χ0n) is 8.50. The van der Waals surface area contributed by atoms with Gasteiger partial charge in [-0.05, 0) is 0 Å². The van der Waals surface area contributed by atoms with E-state index in [1.54, 1.807) is 0 Å². The smallest absolute Gasteiger partial charge is 1.00 e. The Kier molecular flexibility index (Phi) is 52.8. The van der Waals surface area contributed by atoms with Crippen molar-refractivity contribution in [3.8, 4) is 0 Å². The monoisotopic (exact) mass is 325 g/mol.